The van der Waals surface area contributed by atoms with E-state index in [9.17, 15) is 9.59 Å². The number of nitrogens with one attached hydrogen (secondary N) is 2. The predicted molar refractivity (Wildman–Crippen MR) is 65.2 cm³/mol. The van der Waals surface area contributed by atoms with E-state index in [1.807, 2.05) is 6.92 Å². The molecule has 1 unspecified atom stereocenters. The third-order valence-corrected chi connectivity index (χ3v) is 2.47. The molecule has 96 valence electrons. The number of anilines is 1. The fourth-order valence-corrected chi connectivity index (χ4v) is 1.78. The molecule has 0 spiro atoms. The summed E-state index contributed by atoms with van der Waals surface area (Å²) in [7, 11) is 0. The van der Waals surface area contributed by atoms with Crippen LogP contribution in [0.2, 0.25) is 0 Å². The number of nitrogens with zero attached hydrogens (tertiary/aromatic N) is 3. The lowest BCUT2D eigenvalue weighted by Gasteiger charge is -2.13. The van der Waals surface area contributed by atoms with E-state index in [1.165, 1.54) is 4.40 Å². The minimum atomic E-state index is -0.385. The van der Waals surface area contributed by atoms with E-state index in [4.69, 9.17) is 5.73 Å². The van der Waals surface area contributed by atoms with Gasteiger partial charge in [-0.15, -0.1) is 0 Å². The summed E-state index contributed by atoms with van der Waals surface area (Å²) in [5.41, 5.74) is 5.25. The van der Waals surface area contributed by atoms with Gasteiger partial charge in [-0.2, -0.15) is 5.10 Å². The van der Waals surface area contributed by atoms with Crippen molar-refractivity contribution in [3.8, 4) is 0 Å². The second-order valence-electron chi connectivity index (χ2n) is 4.13. The van der Waals surface area contributed by atoms with Crippen LogP contribution in [0.25, 0.3) is 5.65 Å². The summed E-state index contributed by atoms with van der Waals surface area (Å²) in [6, 6.07) is 1.49. The fraction of sp³-hybridized carbons (Fsp3) is 0.400. The highest BCUT2D eigenvalue weighted by Gasteiger charge is 2.10. The molecule has 0 aliphatic carbocycles. The van der Waals surface area contributed by atoms with E-state index in [-0.39, 0.29) is 24.1 Å². The zero-order valence-corrected chi connectivity index (χ0v) is 10.1. The SMILES string of the molecule is Cc1nc(NC(C)CC(N)=O)cc2n[nH]c(=O)n12. The van der Waals surface area contributed by atoms with E-state index in [2.05, 4.69) is 20.5 Å². The van der Waals surface area contributed by atoms with Crippen LogP contribution in [0.3, 0.4) is 0 Å². The molecule has 2 heterocycles. The summed E-state index contributed by atoms with van der Waals surface area (Å²) in [6.07, 6.45) is 0.208. The average molecular weight is 250 g/mol. The van der Waals surface area contributed by atoms with Gasteiger partial charge < -0.3 is 11.1 Å². The van der Waals surface area contributed by atoms with Gasteiger partial charge >= 0.3 is 5.69 Å². The highest BCUT2D eigenvalue weighted by molar-refractivity contribution is 5.74. The third kappa shape index (κ3) is 2.31. The van der Waals surface area contributed by atoms with Gasteiger partial charge in [0.25, 0.3) is 0 Å². The number of rotatable bonds is 4. The lowest BCUT2D eigenvalue weighted by atomic mass is 10.2. The summed E-state index contributed by atoms with van der Waals surface area (Å²) in [4.78, 5) is 26.4. The van der Waals surface area contributed by atoms with Crippen LogP contribution < -0.4 is 16.7 Å². The van der Waals surface area contributed by atoms with Gasteiger partial charge in [-0.1, -0.05) is 0 Å². The first-order valence-electron chi connectivity index (χ1n) is 5.47. The van der Waals surface area contributed by atoms with Crippen LogP contribution >= 0.6 is 0 Å². The maximum absolute atomic E-state index is 11.4. The van der Waals surface area contributed by atoms with Crippen molar-refractivity contribution in [2.45, 2.75) is 26.3 Å². The Bertz CT molecular complexity index is 643. The summed E-state index contributed by atoms with van der Waals surface area (Å²) in [5.74, 6) is 0.677. The molecule has 2 rings (SSSR count). The van der Waals surface area contributed by atoms with Crippen LogP contribution in [0, 0.1) is 6.92 Å². The predicted octanol–water partition coefficient (Wildman–Crippen LogP) is -0.598. The number of carbonyl (C=O) groups is 1. The largest absolute Gasteiger partial charge is 0.370 e. The quantitative estimate of drug-likeness (QED) is 0.669. The second-order valence-corrected chi connectivity index (χ2v) is 4.13. The lowest BCUT2D eigenvalue weighted by Crippen LogP contribution is -2.25. The molecule has 18 heavy (non-hydrogen) atoms. The first-order valence-corrected chi connectivity index (χ1v) is 5.47. The number of aryl methyl sites for hydroxylation is 1. The van der Waals surface area contributed by atoms with Crippen LogP contribution in [0.4, 0.5) is 5.82 Å². The lowest BCUT2D eigenvalue weighted by molar-refractivity contribution is -0.118. The minimum absolute atomic E-state index is 0.137. The van der Waals surface area contributed by atoms with Gasteiger partial charge in [-0.25, -0.2) is 19.3 Å². The zero-order valence-electron chi connectivity index (χ0n) is 10.1. The molecular formula is C10H14N6O2. The van der Waals surface area contributed by atoms with Gasteiger partial charge in [0, 0.05) is 18.5 Å². The molecule has 2 aromatic heterocycles. The molecule has 0 aliphatic heterocycles. The number of fused-ring (bicyclic) bond motifs is 1. The Hall–Kier alpha value is -2.38. The van der Waals surface area contributed by atoms with Crippen LogP contribution in [0.15, 0.2) is 10.9 Å². The number of primary amides is 1. The first-order chi connectivity index (χ1) is 8.47. The average Bonchev–Trinajstić information content (AvgIpc) is 2.58. The molecule has 0 saturated carbocycles. The smallest absolute Gasteiger partial charge is 0.349 e. The molecule has 0 aromatic carbocycles. The Labute approximate surface area is 102 Å². The topological polar surface area (TPSA) is 118 Å². The highest BCUT2D eigenvalue weighted by Crippen LogP contribution is 2.10. The maximum Gasteiger partial charge on any atom is 0.349 e. The summed E-state index contributed by atoms with van der Waals surface area (Å²) < 4.78 is 1.37. The Morgan fingerprint density at radius 1 is 1.67 bits per heavy atom. The Kier molecular flexibility index (Phi) is 3.00. The molecule has 0 fully saturated rings. The number of H-pyrrole nitrogens is 1. The number of hydrogen-bond donors (Lipinski definition) is 3. The maximum atomic E-state index is 11.4. The summed E-state index contributed by atoms with van der Waals surface area (Å²) >= 11 is 0. The zero-order chi connectivity index (χ0) is 13.3. The van der Waals surface area contributed by atoms with Gasteiger partial charge in [0.05, 0.1) is 0 Å². The van der Waals surface area contributed by atoms with Crippen molar-refractivity contribution in [1.82, 2.24) is 19.6 Å². The van der Waals surface area contributed by atoms with E-state index in [0.29, 0.717) is 17.3 Å². The second kappa shape index (κ2) is 4.47. The minimum Gasteiger partial charge on any atom is -0.370 e. The van der Waals surface area contributed by atoms with Crippen molar-refractivity contribution in [3.63, 3.8) is 0 Å². The van der Waals surface area contributed by atoms with Crippen molar-refractivity contribution in [2.24, 2.45) is 5.73 Å². The van der Waals surface area contributed by atoms with Gasteiger partial charge in [0.1, 0.15) is 11.6 Å². The number of aromatic nitrogens is 4. The fourth-order valence-electron chi connectivity index (χ4n) is 1.78. The molecule has 0 radical (unpaired) electrons. The van der Waals surface area contributed by atoms with Crippen molar-refractivity contribution in [3.05, 3.63) is 22.4 Å². The molecular weight excluding hydrogens is 236 g/mol. The molecule has 0 bridgehead atoms. The van der Waals surface area contributed by atoms with Gasteiger partial charge in [-0.3, -0.25) is 4.79 Å². The molecule has 0 saturated heterocycles. The molecule has 0 aliphatic rings. The monoisotopic (exact) mass is 250 g/mol. The summed E-state index contributed by atoms with van der Waals surface area (Å²) in [5, 5.41) is 9.24. The molecule has 1 amide bonds. The third-order valence-electron chi connectivity index (χ3n) is 2.47. The van der Waals surface area contributed by atoms with Crippen LogP contribution in [0.5, 0.6) is 0 Å². The standard InChI is InChI=1S/C10H14N6O2/c1-5(3-7(11)17)12-8-4-9-14-15-10(18)16(9)6(2)13-8/h4-5,12H,3H2,1-2H3,(H2,11,17)(H,15,18). The van der Waals surface area contributed by atoms with E-state index in [0.717, 1.165) is 0 Å². The highest BCUT2D eigenvalue weighted by atomic mass is 16.1. The molecule has 1 atom stereocenters. The van der Waals surface area contributed by atoms with E-state index < -0.39 is 0 Å². The van der Waals surface area contributed by atoms with Crippen molar-refractivity contribution >= 4 is 17.4 Å². The van der Waals surface area contributed by atoms with Crippen molar-refractivity contribution in [2.75, 3.05) is 5.32 Å². The first kappa shape index (κ1) is 12.1. The molecule has 8 heteroatoms. The number of aromatic amines is 1. The van der Waals surface area contributed by atoms with Crippen molar-refractivity contribution < 1.29 is 4.79 Å². The van der Waals surface area contributed by atoms with Crippen LogP contribution in [0.1, 0.15) is 19.2 Å². The normalized spacial score (nSPS) is 12.6. The molecule has 4 N–H and O–H groups in total. The van der Waals surface area contributed by atoms with Gasteiger partial charge in [0.15, 0.2) is 5.65 Å². The van der Waals surface area contributed by atoms with Gasteiger partial charge in [0.2, 0.25) is 5.91 Å². The summed E-state index contributed by atoms with van der Waals surface area (Å²) in [6.45, 7) is 3.52. The van der Waals surface area contributed by atoms with E-state index >= 15 is 0 Å². The van der Waals surface area contributed by atoms with Crippen LogP contribution in [-0.4, -0.2) is 31.5 Å². The molecule has 2 aromatic rings. The Morgan fingerprint density at radius 3 is 3.06 bits per heavy atom. The Balaban J connectivity index is 2.30. The number of carbonyl (C=O) groups excluding carboxylic acids is 1. The van der Waals surface area contributed by atoms with Gasteiger partial charge in [-0.05, 0) is 13.8 Å². The number of amides is 1. The molecule has 8 nitrogen and oxygen atoms in total. The van der Waals surface area contributed by atoms with Crippen molar-refractivity contribution in [1.29, 1.82) is 0 Å². The number of nitrogens with two attached hydrogens (primary N) is 1. The number of hydrogen-bond acceptors (Lipinski definition) is 5. The Morgan fingerprint density at radius 2 is 2.39 bits per heavy atom. The van der Waals surface area contributed by atoms with E-state index in [1.54, 1.807) is 13.0 Å². The van der Waals surface area contributed by atoms with Crippen LogP contribution in [-0.2, 0) is 4.79 Å².